The van der Waals surface area contributed by atoms with E-state index in [1.165, 1.54) is 0 Å². The van der Waals surface area contributed by atoms with Crippen LogP contribution < -0.4 is 5.32 Å². The molecule has 0 unspecified atom stereocenters. The first-order valence-corrected chi connectivity index (χ1v) is 8.03. The van der Waals surface area contributed by atoms with E-state index < -0.39 is 0 Å². The van der Waals surface area contributed by atoms with Crippen molar-refractivity contribution in [1.82, 2.24) is 10.2 Å². The number of amides is 2. The van der Waals surface area contributed by atoms with Crippen molar-refractivity contribution in [1.29, 1.82) is 0 Å². The van der Waals surface area contributed by atoms with Crippen LogP contribution in [0.15, 0.2) is 10.5 Å². The molecule has 0 saturated heterocycles. The lowest BCUT2D eigenvalue weighted by Gasteiger charge is -2.22. The summed E-state index contributed by atoms with van der Waals surface area (Å²) in [6.07, 6.45) is 2.40. The third-order valence-electron chi connectivity index (χ3n) is 3.81. The van der Waals surface area contributed by atoms with Gasteiger partial charge in [0.15, 0.2) is 0 Å². The molecule has 0 atom stereocenters. The Balaban J connectivity index is 1.94. The van der Waals surface area contributed by atoms with Crippen LogP contribution in [0.5, 0.6) is 0 Å². The van der Waals surface area contributed by atoms with Crippen LogP contribution in [0.25, 0.3) is 0 Å². The quantitative estimate of drug-likeness (QED) is 0.842. The van der Waals surface area contributed by atoms with Crippen LogP contribution in [0.3, 0.4) is 0 Å². The van der Waals surface area contributed by atoms with Gasteiger partial charge in [0.25, 0.3) is 5.91 Å². The molecule has 22 heavy (non-hydrogen) atoms. The first-order valence-electron chi connectivity index (χ1n) is 8.03. The minimum absolute atomic E-state index is 0.00671. The molecule has 0 bridgehead atoms. The highest BCUT2D eigenvalue weighted by molar-refractivity contribution is 5.96. The van der Waals surface area contributed by atoms with Crippen LogP contribution in [0.4, 0.5) is 0 Å². The number of rotatable bonds is 7. The van der Waals surface area contributed by atoms with Gasteiger partial charge in [-0.05, 0) is 38.7 Å². The SMILES string of the molecule is Cc1cc(C(=O)N(CCC(=O)NCC(C)C)C2CC2)c(C)o1. The van der Waals surface area contributed by atoms with Crippen molar-refractivity contribution >= 4 is 11.8 Å². The fraction of sp³-hybridized carbons (Fsp3) is 0.647. The lowest BCUT2D eigenvalue weighted by Crippen LogP contribution is -2.37. The first kappa shape index (κ1) is 16.6. The van der Waals surface area contributed by atoms with Gasteiger partial charge in [-0.3, -0.25) is 9.59 Å². The number of nitrogens with one attached hydrogen (secondary N) is 1. The Bertz CT molecular complexity index is 544. The maximum Gasteiger partial charge on any atom is 0.257 e. The van der Waals surface area contributed by atoms with Crippen molar-refractivity contribution in [2.75, 3.05) is 13.1 Å². The molecule has 122 valence electrons. The average molecular weight is 306 g/mol. The van der Waals surface area contributed by atoms with E-state index >= 15 is 0 Å². The summed E-state index contributed by atoms with van der Waals surface area (Å²) in [6, 6.07) is 2.06. The molecule has 2 amide bonds. The molecule has 1 saturated carbocycles. The van der Waals surface area contributed by atoms with Gasteiger partial charge in [0, 0.05) is 25.6 Å². The Morgan fingerprint density at radius 3 is 2.55 bits per heavy atom. The minimum Gasteiger partial charge on any atom is -0.466 e. The third kappa shape index (κ3) is 4.36. The highest BCUT2D eigenvalue weighted by Gasteiger charge is 2.34. The summed E-state index contributed by atoms with van der Waals surface area (Å²) in [6.45, 7) is 8.91. The molecule has 2 rings (SSSR count). The van der Waals surface area contributed by atoms with Crippen molar-refractivity contribution in [3.8, 4) is 0 Å². The predicted octanol–water partition coefficient (Wildman–Crippen LogP) is 2.66. The van der Waals surface area contributed by atoms with E-state index in [1.807, 2.05) is 11.8 Å². The zero-order valence-electron chi connectivity index (χ0n) is 13.9. The van der Waals surface area contributed by atoms with E-state index in [0.717, 1.165) is 18.6 Å². The highest BCUT2D eigenvalue weighted by Crippen LogP contribution is 2.29. The van der Waals surface area contributed by atoms with Crippen molar-refractivity contribution in [2.45, 2.75) is 53.0 Å². The van der Waals surface area contributed by atoms with Gasteiger partial charge in [-0.15, -0.1) is 0 Å². The molecule has 0 aromatic carbocycles. The lowest BCUT2D eigenvalue weighted by molar-refractivity contribution is -0.121. The van der Waals surface area contributed by atoms with Gasteiger partial charge in [0.05, 0.1) is 5.56 Å². The number of carbonyl (C=O) groups excluding carboxylic acids is 2. The summed E-state index contributed by atoms with van der Waals surface area (Å²) < 4.78 is 5.45. The fourth-order valence-corrected chi connectivity index (χ4v) is 2.46. The fourth-order valence-electron chi connectivity index (χ4n) is 2.46. The molecule has 1 fully saturated rings. The summed E-state index contributed by atoms with van der Waals surface area (Å²) >= 11 is 0. The molecule has 1 aliphatic carbocycles. The molecule has 0 radical (unpaired) electrons. The van der Waals surface area contributed by atoms with E-state index in [0.29, 0.717) is 36.8 Å². The number of hydrogen-bond acceptors (Lipinski definition) is 3. The summed E-state index contributed by atoms with van der Waals surface area (Å²) in [7, 11) is 0. The van der Waals surface area contributed by atoms with Gasteiger partial charge < -0.3 is 14.6 Å². The third-order valence-corrected chi connectivity index (χ3v) is 3.81. The molecular weight excluding hydrogens is 280 g/mol. The molecule has 1 N–H and O–H groups in total. The topological polar surface area (TPSA) is 62.6 Å². The van der Waals surface area contributed by atoms with Gasteiger partial charge in [0.2, 0.25) is 5.91 Å². The molecular formula is C17H26N2O3. The zero-order chi connectivity index (χ0) is 16.3. The largest absolute Gasteiger partial charge is 0.466 e. The maximum absolute atomic E-state index is 12.7. The van der Waals surface area contributed by atoms with Crippen molar-refractivity contribution in [2.24, 2.45) is 5.92 Å². The Kier molecular flexibility index (Phi) is 5.27. The number of carbonyl (C=O) groups is 2. The standard InChI is InChI=1S/C17H26N2O3/c1-11(2)10-18-16(20)7-8-19(14-5-6-14)17(21)15-9-12(3)22-13(15)4/h9,11,14H,5-8,10H2,1-4H3,(H,18,20). The summed E-state index contributed by atoms with van der Waals surface area (Å²) in [5.41, 5.74) is 0.618. The summed E-state index contributed by atoms with van der Waals surface area (Å²) in [5.74, 6) is 1.81. The van der Waals surface area contributed by atoms with Crippen LogP contribution in [-0.2, 0) is 4.79 Å². The van der Waals surface area contributed by atoms with Crippen molar-refractivity contribution < 1.29 is 14.0 Å². The van der Waals surface area contributed by atoms with Gasteiger partial charge in [-0.25, -0.2) is 0 Å². The number of nitrogens with zero attached hydrogens (tertiary/aromatic N) is 1. The lowest BCUT2D eigenvalue weighted by atomic mass is 10.2. The first-order chi connectivity index (χ1) is 10.4. The van der Waals surface area contributed by atoms with Crippen LogP contribution >= 0.6 is 0 Å². The maximum atomic E-state index is 12.7. The van der Waals surface area contributed by atoms with E-state index in [1.54, 1.807) is 13.0 Å². The van der Waals surface area contributed by atoms with Gasteiger partial charge in [-0.2, -0.15) is 0 Å². The monoisotopic (exact) mass is 306 g/mol. The second-order valence-corrected chi connectivity index (χ2v) is 6.50. The van der Waals surface area contributed by atoms with Gasteiger partial charge in [-0.1, -0.05) is 13.8 Å². The smallest absolute Gasteiger partial charge is 0.257 e. The highest BCUT2D eigenvalue weighted by atomic mass is 16.3. The Morgan fingerprint density at radius 2 is 2.05 bits per heavy atom. The van der Waals surface area contributed by atoms with Crippen LogP contribution in [0, 0.1) is 19.8 Å². The molecule has 0 spiro atoms. The molecule has 5 nitrogen and oxygen atoms in total. The molecule has 1 aliphatic rings. The van der Waals surface area contributed by atoms with E-state index in [2.05, 4.69) is 19.2 Å². The second kappa shape index (κ2) is 6.99. The van der Waals surface area contributed by atoms with Crippen molar-refractivity contribution in [3.05, 3.63) is 23.2 Å². The summed E-state index contributed by atoms with van der Waals surface area (Å²) in [5, 5.41) is 2.90. The van der Waals surface area contributed by atoms with Crippen LogP contribution in [0.2, 0.25) is 0 Å². The molecule has 1 aromatic rings. The number of hydrogen-bond donors (Lipinski definition) is 1. The Morgan fingerprint density at radius 1 is 1.36 bits per heavy atom. The van der Waals surface area contributed by atoms with E-state index in [-0.39, 0.29) is 17.9 Å². The number of furan rings is 1. The van der Waals surface area contributed by atoms with E-state index in [9.17, 15) is 9.59 Å². The predicted molar refractivity (Wildman–Crippen MR) is 84.7 cm³/mol. The second-order valence-electron chi connectivity index (χ2n) is 6.50. The molecule has 0 aliphatic heterocycles. The Labute approximate surface area is 132 Å². The molecule has 1 heterocycles. The number of aryl methyl sites for hydroxylation is 2. The average Bonchev–Trinajstić information content (AvgIpc) is 3.21. The normalized spacial score (nSPS) is 14.2. The minimum atomic E-state index is -0.0199. The van der Waals surface area contributed by atoms with Gasteiger partial charge in [0.1, 0.15) is 11.5 Å². The van der Waals surface area contributed by atoms with Crippen molar-refractivity contribution in [3.63, 3.8) is 0 Å². The Hall–Kier alpha value is -1.78. The van der Waals surface area contributed by atoms with Crippen LogP contribution in [0.1, 0.15) is 55.0 Å². The van der Waals surface area contributed by atoms with Gasteiger partial charge >= 0.3 is 0 Å². The molecule has 5 heteroatoms. The molecule has 1 aromatic heterocycles. The zero-order valence-corrected chi connectivity index (χ0v) is 13.9. The summed E-state index contributed by atoms with van der Waals surface area (Å²) in [4.78, 5) is 26.4. The van der Waals surface area contributed by atoms with E-state index in [4.69, 9.17) is 4.42 Å². The van der Waals surface area contributed by atoms with Crippen LogP contribution in [-0.4, -0.2) is 35.8 Å².